The van der Waals surface area contributed by atoms with Gasteiger partial charge in [-0.3, -0.25) is 14.4 Å². The van der Waals surface area contributed by atoms with E-state index in [2.05, 4.69) is 36.4 Å². The van der Waals surface area contributed by atoms with E-state index in [4.69, 9.17) is 4.74 Å². The smallest absolute Gasteiger partial charge is 0.306 e. The van der Waals surface area contributed by atoms with Crippen LogP contribution in [0.2, 0.25) is 0 Å². The third-order valence-electron chi connectivity index (χ3n) is 9.53. The summed E-state index contributed by atoms with van der Waals surface area (Å²) in [6.07, 6.45) is 33.2. The number of carbonyl (C=O) groups is 3. The molecule has 2 N–H and O–H groups in total. The fourth-order valence-electron chi connectivity index (χ4n) is 6.28. The van der Waals surface area contributed by atoms with Crippen LogP contribution in [0, 0.1) is 5.92 Å². The lowest BCUT2D eigenvalue weighted by molar-refractivity contribution is -0.143. The summed E-state index contributed by atoms with van der Waals surface area (Å²) in [6, 6.07) is -0.575. The molecule has 2 amide bonds. The third-order valence-corrected chi connectivity index (χ3v) is 10.5. The molecule has 0 saturated carbocycles. The number of nitrogens with zero attached hydrogens (tertiary/aromatic N) is 2. The number of rotatable bonds is 36. The Morgan fingerprint density at radius 3 is 1.80 bits per heavy atom. The van der Waals surface area contributed by atoms with Gasteiger partial charge in [0.2, 0.25) is 11.8 Å². The zero-order valence-corrected chi connectivity index (χ0v) is 33.4. The molecule has 0 aliphatic carbocycles. The number of nitrogens with one attached hydrogen (secondary N) is 2. The van der Waals surface area contributed by atoms with Crippen molar-refractivity contribution < 1.29 is 19.1 Å². The van der Waals surface area contributed by atoms with Gasteiger partial charge in [-0.1, -0.05) is 143 Å². The summed E-state index contributed by atoms with van der Waals surface area (Å²) in [5.41, 5.74) is 0. The van der Waals surface area contributed by atoms with Crippen LogP contribution in [0.5, 0.6) is 0 Å². The maximum atomic E-state index is 13.8. The van der Waals surface area contributed by atoms with E-state index in [0.717, 1.165) is 51.5 Å². The second-order valence-corrected chi connectivity index (χ2v) is 15.4. The molecular weight excluding hydrogens is 645 g/mol. The highest BCUT2D eigenvalue weighted by Crippen LogP contribution is 2.21. The number of imidazole rings is 1. The van der Waals surface area contributed by atoms with E-state index in [9.17, 15) is 14.4 Å². The van der Waals surface area contributed by atoms with E-state index in [0.29, 0.717) is 37.5 Å². The van der Waals surface area contributed by atoms with Crippen LogP contribution in [-0.4, -0.2) is 58.0 Å². The molecule has 0 spiro atoms. The normalized spacial score (nSPS) is 12.5. The van der Waals surface area contributed by atoms with Crippen LogP contribution in [0.25, 0.3) is 0 Å². The molecule has 0 fully saturated rings. The number of thioether (sulfide) groups is 1. The van der Waals surface area contributed by atoms with Gasteiger partial charge >= 0.3 is 5.97 Å². The molecule has 0 aliphatic heterocycles. The summed E-state index contributed by atoms with van der Waals surface area (Å²) in [5, 5.41) is 6.26. The highest BCUT2D eigenvalue weighted by atomic mass is 32.2. The van der Waals surface area contributed by atoms with Crippen molar-refractivity contribution in [2.75, 3.05) is 24.7 Å². The van der Waals surface area contributed by atoms with Crippen molar-refractivity contribution in [3.63, 3.8) is 0 Å². The third kappa shape index (κ3) is 26.7. The summed E-state index contributed by atoms with van der Waals surface area (Å²) in [7, 11) is 0. The molecule has 0 bridgehead atoms. The number of ether oxygens (including phenoxy) is 1. The summed E-state index contributed by atoms with van der Waals surface area (Å²) in [6.45, 7) is 8.53. The van der Waals surface area contributed by atoms with Crippen molar-refractivity contribution in [3.05, 3.63) is 18.7 Å². The van der Waals surface area contributed by atoms with E-state index < -0.39 is 6.04 Å². The molecule has 50 heavy (non-hydrogen) atoms. The molecule has 2 atom stereocenters. The van der Waals surface area contributed by atoms with Gasteiger partial charge in [-0.15, -0.1) is 0 Å². The fraction of sp³-hybridized carbons (Fsp3) is 0.854. The molecule has 0 aliphatic rings. The van der Waals surface area contributed by atoms with Crippen LogP contribution in [0.1, 0.15) is 181 Å². The summed E-state index contributed by atoms with van der Waals surface area (Å²) in [4.78, 5) is 43.5. The minimum absolute atomic E-state index is 0.0309. The standard InChI is InChI=1S/C41H76N4O4S/c1-4-7-10-13-16-17-19-22-26-37(25-21-18-14-11-8-5-2)40(47)44-38(41(48)43-29-24-31-45-32-30-42-36-45)27-34-50-35-28-39(46)49-33-23-20-15-12-9-6-3/h30,32,36-38H,4-29,31,33-35H2,1-3H3,(H,43,48)(H,44,47). The Morgan fingerprint density at radius 2 is 1.24 bits per heavy atom. The quantitative estimate of drug-likeness (QED) is 0.0529. The average Bonchev–Trinajstić information content (AvgIpc) is 3.64. The van der Waals surface area contributed by atoms with Crippen molar-refractivity contribution in [1.29, 1.82) is 0 Å². The molecule has 0 aromatic carbocycles. The minimum atomic E-state index is -0.575. The van der Waals surface area contributed by atoms with Gasteiger partial charge in [-0.05, 0) is 37.9 Å². The van der Waals surface area contributed by atoms with E-state index in [-0.39, 0.29) is 23.7 Å². The Kier molecular flexibility index (Phi) is 31.3. The zero-order chi connectivity index (χ0) is 36.3. The number of hydrogen-bond acceptors (Lipinski definition) is 6. The second kappa shape index (κ2) is 34.1. The van der Waals surface area contributed by atoms with Crippen molar-refractivity contribution in [2.24, 2.45) is 5.92 Å². The fourth-order valence-corrected chi connectivity index (χ4v) is 7.19. The Hall–Kier alpha value is -2.03. The number of aromatic nitrogens is 2. The lowest BCUT2D eigenvalue weighted by Crippen LogP contribution is -2.49. The average molecular weight is 721 g/mol. The summed E-state index contributed by atoms with van der Waals surface area (Å²) in [5.74, 6) is 1.06. The first kappa shape index (κ1) is 46.0. The number of amides is 2. The minimum Gasteiger partial charge on any atom is -0.466 e. The van der Waals surface area contributed by atoms with Crippen LogP contribution in [-0.2, 0) is 25.7 Å². The van der Waals surface area contributed by atoms with Crippen LogP contribution in [0.15, 0.2) is 18.7 Å². The second-order valence-electron chi connectivity index (χ2n) is 14.2. The Morgan fingerprint density at radius 1 is 0.680 bits per heavy atom. The topological polar surface area (TPSA) is 102 Å². The first-order valence-corrected chi connectivity index (χ1v) is 21.9. The summed E-state index contributed by atoms with van der Waals surface area (Å²) < 4.78 is 7.42. The van der Waals surface area contributed by atoms with Gasteiger partial charge in [0.25, 0.3) is 0 Å². The predicted octanol–water partition coefficient (Wildman–Crippen LogP) is 10.2. The predicted molar refractivity (Wildman–Crippen MR) is 211 cm³/mol. The first-order valence-electron chi connectivity index (χ1n) is 20.8. The highest BCUT2D eigenvalue weighted by Gasteiger charge is 2.25. The molecule has 8 nitrogen and oxygen atoms in total. The van der Waals surface area contributed by atoms with Gasteiger partial charge in [-0.25, -0.2) is 4.98 Å². The van der Waals surface area contributed by atoms with E-state index in [1.807, 2.05) is 10.8 Å². The molecule has 290 valence electrons. The van der Waals surface area contributed by atoms with Gasteiger partial charge in [0.05, 0.1) is 19.4 Å². The number of aryl methyl sites for hydroxylation is 1. The largest absolute Gasteiger partial charge is 0.466 e. The summed E-state index contributed by atoms with van der Waals surface area (Å²) >= 11 is 1.65. The maximum Gasteiger partial charge on any atom is 0.306 e. The SMILES string of the molecule is CCCCCCCCCCC(CCCCCCCC)C(=O)NC(CCSCCC(=O)OCCCCCCCC)C(=O)NCCCn1ccnc1. The molecule has 0 radical (unpaired) electrons. The number of unbranched alkanes of at least 4 members (excludes halogenated alkanes) is 17. The number of esters is 1. The Bertz CT molecular complexity index is 930. The van der Waals surface area contributed by atoms with Gasteiger partial charge in [0, 0.05) is 37.2 Å². The molecule has 1 aromatic heterocycles. The van der Waals surface area contributed by atoms with Crippen LogP contribution in [0.3, 0.4) is 0 Å². The van der Waals surface area contributed by atoms with Crippen molar-refractivity contribution >= 4 is 29.5 Å². The van der Waals surface area contributed by atoms with E-state index in [1.165, 1.54) is 103 Å². The van der Waals surface area contributed by atoms with Crippen molar-refractivity contribution in [3.8, 4) is 0 Å². The van der Waals surface area contributed by atoms with Crippen LogP contribution in [0.4, 0.5) is 0 Å². The molecule has 1 heterocycles. The molecular formula is C41H76N4O4S. The lowest BCUT2D eigenvalue weighted by atomic mass is 9.93. The number of hydrogen-bond donors (Lipinski definition) is 2. The van der Waals surface area contributed by atoms with E-state index in [1.54, 1.807) is 24.3 Å². The van der Waals surface area contributed by atoms with Crippen LogP contribution >= 0.6 is 11.8 Å². The first-order chi connectivity index (χ1) is 24.5. The van der Waals surface area contributed by atoms with Crippen molar-refractivity contribution in [2.45, 2.75) is 194 Å². The Balaban J connectivity index is 2.63. The van der Waals surface area contributed by atoms with Gasteiger partial charge in [0.1, 0.15) is 6.04 Å². The van der Waals surface area contributed by atoms with Crippen LogP contribution < -0.4 is 10.6 Å². The highest BCUT2D eigenvalue weighted by molar-refractivity contribution is 7.99. The van der Waals surface area contributed by atoms with Crippen molar-refractivity contribution in [1.82, 2.24) is 20.2 Å². The van der Waals surface area contributed by atoms with Gasteiger partial charge in [-0.2, -0.15) is 11.8 Å². The molecule has 1 aromatic rings. The maximum absolute atomic E-state index is 13.8. The van der Waals surface area contributed by atoms with E-state index >= 15 is 0 Å². The molecule has 9 heteroatoms. The molecule has 2 unspecified atom stereocenters. The van der Waals surface area contributed by atoms with Gasteiger partial charge in [0.15, 0.2) is 0 Å². The number of carbonyl (C=O) groups excluding carboxylic acids is 3. The van der Waals surface area contributed by atoms with Gasteiger partial charge < -0.3 is 19.9 Å². The lowest BCUT2D eigenvalue weighted by Gasteiger charge is -2.23. The Labute approximate surface area is 311 Å². The molecule has 1 rings (SSSR count). The monoisotopic (exact) mass is 721 g/mol. The zero-order valence-electron chi connectivity index (χ0n) is 32.5. The molecule has 0 saturated heterocycles.